The Balaban J connectivity index is 3.00. The van der Waals surface area contributed by atoms with Gasteiger partial charge in [-0.2, -0.15) is 0 Å². The second kappa shape index (κ2) is 5.19. The zero-order valence-electron chi connectivity index (χ0n) is 9.31. The molecular formula is C12H14N2O2. The highest BCUT2D eigenvalue weighted by molar-refractivity contribution is 5.93. The van der Waals surface area contributed by atoms with Crippen molar-refractivity contribution in [3.05, 3.63) is 29.8 Å². The summed E-state index contributed by atoms with van der Waals surface area (Å²) in [4.78, 5) is 12.8. The van der Waals surface area contributed by atoms with E-state index in [-0.39, 0.29) is 0 Å². The molecule has 0 spiro atoms. The standard InChI is InChI=1S/C12H14N2O2/c1-4-11(16-3)14(2)10-7-5-6-9(8-10)12(13)15/h1,5-8,11H,2-3H3,(H2,13,15). The molecule has 0 heterocycles. The third-order valence-electron chi connectivity index (χ3n) is 2.26. The fourth-order valence-corrected chi connectivity index (χ4v) is 1.35. The maximum atomic E-state index is 11.0. The van der Waals surface area contributed by atoms with Gasteiger partial charge in [0.1, 0.15) is 0 Å². The van der Waals surface area contributed by atoms with Crippen LogP contribution in [-0.4, -0.2) is 26.3 Å². The highest BCUT2D eigenvalue weighted by Gasteiger charge is 2.12. The molecule has 0 fully saturated rings. The number of primary amides is 1. The Labute approximate surface area is 95.0 Å². The second-order valence-electron chi connectivity index (χ2n) is 3.28. The molecule has 1 atom stereocenters. The third-order valence-corrected chi connectivity index (χ3v) is 2.26. The number of hydrogen-bond acceptors (Lipinski definition) is 3. The van der Waals surface area contributed by atoms with E-state index in [1.165, 1.54) is 7.11 Å². The Hall–Kier alpha value is -1.99. The summed E-state index contributed by atoms with van der Waals surface area (Å²) >= 11 is 0. The van der Waals surface area contributed by atoms with Crippen LogP contribution in [0.1, 0.15) is 10.4 Å². The number of hydrogen-bond donors (Lipinski definition) is 1. The molecule has 1 unspecified atom stereocenters. The van der Waals surface area contributed by atoms with Crippen molar-refractivity contribution in [2.24, 2.45) is 5.73 Å². The summed E-state index contributed by atoms with van der Waals surface area (Å²) in [6, 6.07) is 6.90. The van der Waals surface area contributed by atoms with Gasteiger partial charge in [-0.3, -0.25) is 4.79 Å². The quantitative estimate of drug-likeness (QED) is 0.601. The zero-order valence-corrected chi connectivity index (χ0v) is 9.31. The van der Waals surface area contributed by atoms with Crippen molar-refractivity contribution in [1.29, 1.82) is 0 Å². The van der Waals surface area contributed by atoms with Gasteiger partial charge in [-0.25, -0.2) is 0 Å². The van der Waals surface area contributed by atoms with Crippen molar-refractivity contribution < 1.29 is 9.53 Å². The number of terminal acetylenes is 1. The van der Waals surface area contributed by atoms with Crippen LogP contribution >= 0.6 is 0 Å². The highest BCUT2D eigenvalue weighted by Crippen LogP contribution is 2.16. The van der Waals surface area contributed by atoms with E-state index >= 15 is 0 Å². The van der Waals surface area contributed by atoms with E-state index < -0.39 is 12.1 Å². The van der Waals surface area contributed by atoms with E-state index in [4.69, 9.17) is 16.9 Å². The summed E-state index contributed by atoms with van der Waals surface area (Å²) in [5.74, 6) is 2.02. The van der Waals surface area contributed by atoms with Crippen LogP contribution in [0.3, 0.4) is 0 Å². The molecular weight excluding hydrogens is 204 g/mol. The minimum atomic E-state index is -0.469. The van der Waals surface area contributed by atoms with E-state index in [2.05, 4.69) is 5.92 Å². The number of benzene rings is 1. The number of ether oxygens (including phenoxy) is 1. The summed E-state index contributed by atoms with van der Waals surface area (Å²) in [5, 5.41) is 0. The van der Waals surface area contributed by atoms with Crippen LogP contribution < -0.4 is 10.6 Å². The lowest BCUT2D eigenvalue weighted by molar-refractivity contribution is 0.1000. The number of amides is 1. The molecule has 1 aromatic carbocycles. The Morgan fingerprint density at radius 3 is 2.81 bits per heavy atom. The molecule has 0 radical (unpaired) electrons. The zero-order chi connectivity index (χ0) is 12.1. The van der Waals surface area contributed by atoms with Gasteiger partial charge in [0.05, 0.1) is 0 Å². The van der Waals surface area contributed by atoms with Crippen LogP contribution in [0.5, 0.6) is 0 Å². The molecule has 0 aliphatic carbocycles. The minimum absolute atomic E-state index is 0.441. The van der Waals surface area contributed by atoms with E-state index in [1.54, 1.807) is 30.1 Å². The molecule has 0 aliphatic rings. The Morgan fingerprint density at radius 2 is 2.31 bits per heavy atom. The Kier molecular flexibility index (Phi) is 3.92. The molecule has 0 aromatic heterocycles. The van der Waals surface area contributed by atoms with Gasteiger partial charge in [0.25, 0.3) is 0 Å². The van der Waals surface area contributed by atoms with Crippen molar-refractivity contribution in [1.82, 2.24) is 0 Å². The third kappa shape index (κ3) is 2.53. The monoisotopic (exact) mass is 218 g/mol. The molecule has 0 bridgehead atoms. The number of rotatable bonds is 4. The SMILES string of the molecule is C#CC(OC)N(C)c1cccc(C(N)=O)c1. The molecule has 4 nitrogen and oxygen atoms in total. The van der Waals surface area contributed by atoms with E-state index in [9.17, 15) is 4.79 Å². The maximum absolute atomic E-state index is 11.0. The van der Waals surface area contributed by atoms with Crippen LogP contribution in [0.2, 0.25) is 0 Å². The first-order valence-electron chi connectivity index (χ1n) is 4.71. The molecule has 1 amide bonds. The summed E-state index contributed by atoms with van der Waals surface area (Å²) < 4.78 is 5.09. The van der Waals surface area contributed by atoms with Crippen LogP contribution in [-0.2, 0) is 4.74 Å². The molecule has 0 aliphatic heterocycles. The Bertz CT molecular complexity index is 423. The van der Waals surface area contributed by atoms with Crippen molar-refractivity contribution >= 4 is 11.6 Å². The van der Waals surface area contributed by atoms with Crippen LogP contribution in [0.4, 0.5) is 5.69 Å². The average molecular weight is 218 g/mol. The van der Waals surface area contributed by atoms with E-state index in [0.29, 0.717) is 5.56 Å². The van der Waals surface area contributed by atoms with Crippen LogP contribution in [0.15, 0.2) is 24.3 Å². The van der Waals surface area contributed by atoms with Crippen LogP contribution in [0.25, 0.3) is 0 Å². The molecule has 0 saturated heterocycles. The number of nitrogens with zero attached hydrogens (tertiary/aromatic N) is 1. The molecule has 84 valence electrons. The normalized spacial score (nSPS) is 11.6. The molecule has 0 saturated carbocycles. The first-order valence-corrected chi connectivity index (χ1v) is 4.71. The van der Waals surface area contributed by atoms with Gasteiger partial charge < -0.3 is 15.4 Å². The average Bonchev–Trinajstić information content (AvgIpc) is 2.30. The van der Waals surface area contributed by atoms with Gasteiger partial charge in [0, 0.05) is 25.4 Å². The van der Waals surface area contributed by atoms with Crippen molar-refractivity contribution in [3.8, 4) is 12.3 Å². The number of carbonyl (C=O) groups excluding carboxylic acids is 1. The first kappa shape index (κ1) is 12.1. The fraction of sp³-hybridized carbons (Fsp3) is 0.250. The highest BCUT2D eigenvalue weighted by atomic mass is 16.5. The summed E-state index contributed by atoms with van der Waals surface area (Å²) in [7, 11) is 3.31. The topological polar surface area (TPSA) is 55.6 Å². The molecule has 2 N–H and O–H groups in total. The van der Waals surface area contributed by atoms with Gasteiger partial charge in [-0.05, 0) is 18.2 Å². The van der Waals surface area contributed by atoms with Gasteiger partial charge in [0.15, 0.2) is 6.23 Å². The lowest BCUT2D eigenvalue weighted by Crippen LogP contribution is -2.31. The number of anilines is 1. The molecule has 4 heteroatoms. The largest absolute Gasteiger partial charge is 0.366 e. The van der Waals surface area contributed by atoms with Crippen molar-refractivity contribution in [3.63, 3.8) is 0 Å². The lowest BCUT2D eigenvalue weighted by Gasteiger charge is -2.24. The predicted octanol–water partition coefficient (Wildman–Crippen LogP) is 0.827. The van der Waals surface area contributed by atoms with Crippen LogP contribution in [0, 0.1) is 12.3 Å². The van der Waals surface area contributed by atoms with E-state index in [0.717, 1.165) is 5.69 Å². The fourth-order valence-electron chi connectivity index (χ4n) is 1.35. The van der Waals surface area contributed by atoms with Gasteiger partial charge in [-0.1, -0.05) is 12.0 Å². The minimum Gasteiger partial charge on any atom is -0.366 e. The number of carbonyl (C=O) groups is 1. The van der Waals surface area contributed by atoms with Crippen molar-refractivity contribution in [2.75, 3.05) is 19.1 Å². The second-order valence-corrected chi connectivity index (χ2v) is 3.28. The van der Waals surface area contributed by atoms with Gasteiger partial charge in [0.2, 0.25) is 5.91 Å². The molecule has 1 rings (SSSR count). The molecule has 16 heavy (non-hydrogen) atoms. The first-order chi connectivity index (χ1) is 7.60. The predicted molar refractivity (Wildman–Crippen MR) is 63.0 cm³/mol. The van der Waals surface area contributed by atoms with Crippen molar-refractivity contribution in [2.45, 2.75) is 6.23 Å². The molecule has 1 aromatic rings. The smallest absolute Gasteiger partial charge is 0.248 e. The van der Waals surface area contributed by atoms with E-state index in [1.807, 2.05) is 6.07 Å². The Morgan fingerprint density at radius 1 is 1.62 bits per heavy atom. The van der Waals surface area contributed by atoms with Gasteiger partial charge >= 0.3 is 0 Å². The number of methoxy groups -OCH3 is 1. The lowest BCUT2D eigenvalue weighted by atomic mass is 10.2. The summed E-state index contributed by atoms with van der Waals surface area (Å²) in [6.07, 6.45) is 4.84. The summed E-state index contributed by atoms with van der Waals surface area (Å²) in [6.45, 7) is 0. The van der Waals surface area contributed by atoms with Gasteiger partial charge in [-0.15, -0.1) is 6.42 Å². The summed E-state index contributed by atoms with van der Waals surface area (Å²) in [5.41, 5.74) is 6.41. The number of nitrogens with two attached hydrogens (primary N) is 1. The maximum Gasteiger partial charge on any atom is 0.248 e.